The second-order valence-corrected chi connectivity index (χ2v) is 6.82. The first kappa shape index (κ1) is 19.1. The normalized spacial score (nSPS) is 15.6. The Balaban J connectivity index is 1.62. The zero-order valence-electron chi connectivity index (χ0n) is 15.1. The molecule has 0 aliphatic carbocycles. The van der Waals surface area contributed by atoms with Crippen LogP contribution in [0, 0.1) is 0 Å². The van der Waals surface area contributed by atoms with Gasteiger partial charge in [0.25, 0.3) is 0 Å². The number of amides is 1. The quantitative estimate of drug-likeness (QED) is 0.614. The number of ether oxygens (including phenoxy) is 3. The Bertz CT molecular complexity index is 563. The average molecular weight is 350 g/mol. The van der Waals surface area contributed by atoms with Gasteiger partial charge in [-0.25, -0.2) is 9.59 Å². The fourth-order valence-electron chi connectivity index (χ4n) is 2.35. The van der Waals surface area contributed by atoms with Crippen molar-refractivity contribution in [3.05, 3.63) is 30.3 Å². The maximum Gasteiger partial charge on any atom is 0.513 e. The van der Waals surface area contributed by atoms with E-state index in [1.54, 1.807) is 29.2 Å². The second-order valence-electron chi connectivity index (χ2n) is 6.82. The van der Waals surface area contributed by atoms with Gasteiger partial charge in [-0.2, -0.15) is 0 Å². The van der Waals surface area contributed by atoms with E-state index >= 15 is 0 Å². The third-order valence-electron chi connectivity index (χ3n) is 3.60. The van der Waals surface area contributed by atoms with Crippen molar-refractivity contribution in [3.63, 3.8) is 0 Å². The standard InChI is InChI=1S/C18H26N2O5/c1-18(2,3)25-16(21)20-11-9-19(10-12-20)13-14-23-17(22)24-15-7-5-4-6-8-15/h4-8H,9-14H2,1-3H3. The summed E-state index contributed by atoms with van der Waals surface area (Å²) in [5.41, 5.74) is -0.485. The van der Waals surface area contributed by atoms with E-state index in [0.717, 1.165) is 13.1 Å². The van der Waals surface area contributed by atoms with E-state index in [2.05, 4.69) is 4.90 Å². The fourth-order valence-corrected chi connectivity index (χ4v) is 2.35. The number of benzene rings is 1. The van der Waals surface area contributed by atoms with Gasteiger partial charge in [-0.05, 0) is 32.9 Å². The maximum absolute atomic E-state index is 12.0. The first-order chi connectivity index (χ1) is 11.8. The van der Waals surface area contributed by atoms with Crippen molar-refractivity contribution in [2.24, 2.45) is 0 Å². The lowest BCUT2D eigenvalue weighted by Gasteiger charge is -2.35. The second kappa shape index (κ2) is 8.71. The molecule has 1 aromatic rings. The Hall–Kier alpha value is -2.28. The molecule has 138 valence electrons. The van der Waals surface area contributed by atoms with Crippen LogP contribution in [0.3, 0.4) is 0 Å². The van der Waals surface area contributed by atoms with Crippen LogP contribution in [-0.2, 0) is 9.47 Å². The predicted molar refractivity (Wildman–Crippen MR) is 92.7 cm³/mol. The molecule has 1 saturated heterocycles. The maximum atomic E-state index is 12.0. The van der Waals surface area contributed by atoms with E-state index in [1.807, 2.05) is 26.8 Å². The number of rotatable bonds is 4. The highest BCUT2D eigenvalue weighted by Crippen LogP contribution is 2.12. The molecule has 1 amide bonds. The van der Waals surface area contributed by atoms with Crippen molar-refractivity contribution in [2.45, 2.75) is 26.4 Å². The number of piperazine rings is 1. The zero-order valence-corrected chi connectivity index (χ0v) is 15.1. The van der Waals surface area contributed by atoms with Gasteiger partial charge in [-0.3, -0.25) is 4.90 Å². The minimum Gasteiger partial charge on any atom is -0.444 e. The van der Waals surface area contributed by atoms with Crippen molar-refractivity contribution >= 4 is 12.2 Å². The molecule has 1 fully saturated rings. The highest BCUT2D eigenvalue weighted by atomic mass is 16.7. The van der Waals surface area contributed by atoms with Crippen molar-refractivity contribution in [3.8, 4) is 5.75 Å². The highest BCUT2D eigenvalue weighted by molar-refractivity contribution is 5.68. The summed E-state index contributed by atoms with van der Waals surface area (Å²) in [5, 5.41) is 0. The predicted octanol–water partition coefficient (Wildman–Crippen LogP) is 2.75. The monoisotopic (exact) mass is 350 g/mol. The number of para-hydroxylation sites is 1. The molecule has 0 aromatic heterocycles. The number of hydrogen-bond acceptors (Lipinski definition) is 6. The number of hydrogen-bond donors (Lipinski definition) is 0. The summed E-state index contributed by atoms with van der Waals surface area (Å²) in [6, 6.07) is 8.79. The summed E-state index contributed by atoms with van der Waals surface area (Å²) >= 11 is 0. The van der Waals surface area contributed by atoms with Crippen LogP contribution in [0.1, 0.15) is 20.8 Å². The van der Waals surface area contributed by atoms with Gasteiger partial charge in [0.2, 0.25) is 0 Å². The van der Waals surface area contributed by atoms with E-state index in [0.29, 0.717) is 25.4 Å². The van der Waals surface area contributed by atoms with Crippen molar-refractivity contribution in [1.29, 1.82) is 0 Å². The van der Waals surface area contributed by atoms with E-state index in [1.165, 1.54) is 0 Å². The number of carbonyl (C=O) groups excluding carboxylic acids is 2. The molecule has 1 aliphatic rings. The van der Waals surface area contributed by atoms with Crippen LogP contribution in [0.5, 0.6) is 5.75 Å². The lowest BCUT2D eigenvalue weighted by molar-refractivity contribution is 0.0126. The first-order valence-corrected chi connectivity index (χ1v) is 8.43. The third-order valence-corrected chi connectivity index (χ3v) is 3.60. The van der Waals surface area contributed by atoms with Gasteiger partial charge in [0.05, 0.1) is 0 Å². The Morgan fingerprint density at radius 2 is 1.68 bits per heavy atom. The Morgan fingerprint density at radius 3 is 2.28 bits per heavy atom. The van der Waals surface area contributed by atoms with Gasteiger partial charge < -0.3 is 19.1 Å². The molecule has 1 aliphatic heterocycles. The van der Waals surface area contributed by atoms with Crippen LogP contribution in [0.4, 0.5) is 9.59 Å². The van der Waals surface area contributed by atoms with Crippen LogP contribution in [-0.4, -0.2) is 67.0 Å². The molecule has 0 saturated carbocycles. The number of carbonyl (C=O) groups is 2. The Morgan fingerprint density at radius 1 is 1.04 bits per heavy atom. The molecule has 7 heteroatoms. The van der Waals surface area contributed by atoms with E-state index < -0.39 is 11.8 Å². The van der Waals surface area contributed by atoms with Crippen LogP contribution >= 0.6 is 0 Å². The summed E-state index contributed by atoms with van der Waals surface area (Å²) in [7, 11) is 0. The molecule has 1 aromatic carbocycles. The molecule has 0 unspecified atom stereocenters. The van der Waals surface area contributed by atoms with Gasteiger partial charge in [0.15, 0.2) is 0 Å². The molecule has 25 heavy (non-hydrogen) atoms. The summed E-state index contributed by atoms with van der Waals surface area (Å²) in [5.74, 6) is 0.457. The fraction of sp³-hybridized carbons (Fsp3) is 0.556. The first-order valence-electron chi connectivity index (χ1n) is 8.43. The van der Waals surface area contributed by atoms with Crippen molar-refractivity contribution in [1.82, 2.24) is 9.80 Å². The molecule has 0 radical (unpaired) electrons. The summed E-state index contributed by atoms with van der Waals surface area (Å²) in [4.78, 5) is 27.4. The lowest BCUT2D eigenvalue weighted by Crippen LogP contribution is -2.50. The smallest absolute Gasteiger partial charge is 0.444 e. The van der Waals surface area contributed by atoms with Crippen molar-refractivity contribution in [2.75, 3.05) is 39.3 Å². The molecule has 0 spiro atoms. The van der Waals surface area contributed by atoms with Crippen LogP contribution < -0.4 is 4.74 Å². The van der Waals surface area contributed by atoms with Crippen LogP contribution in [0.2, 0.25) is 0 Å². The third kappa shape index (κ3) is 7.01. The largest absolute Gasteiger partial charge is 0.513 e. The molecule has 1 heterocycles. The average Bonchev–Trinajstić information content (AvgIpc) is 2.55. The molecule has 0 atom stereocenters. The summed E-state index contributed by atoms with van der Waals surface area (Å²) < 4.78 is 15.5. The van der Waals surface area contributed by atoms with Gasteiger partial charge in [-0.1, -0.05) is 18.2 Å². The molecular weight excluding hydrogens is 324 g/mol. The highest BCUT2D eigenvalue weighted by Gasteiger charge is 2.25. The van der Waals surface area contributed by atoms with Crippen molar-refractivity contribution < 1.29 is 23.8 Å². The summed E-state index contributed by atoms with van der Waals surface area (Å²) in [6.45, 7) is 9.05. The molecule has 7 nitrogen and oxygen atoms in total. The van der Waals surface area contributed by atoms with E-state index in [-0.39, 0.29) is 12.7 Å². The van der Waals surface area contributed by atoms with Gasteiger partial charge in [-0.15, -0.1) is 0 Å². The van der Waals surface area contributed by atoms with Crippen LogP contribution in [0.25, 0.3) is 0 Å². The Kier molecular flexibility index (Phi) is 6.64. The van der Waals surface area contributed by atoms with Gasteiger partial charge in [0, 0.05) is 32.7 Å². The van der Waals surface area contributed by atoms with E-state index in [9.17, 15) is 9.59 Å². The minimum absolute atomic E-state index is 0.248. The lowest BCUT2D eigenvalue weighted by atomic mass is 10.2. The van der Waals surface area contributed by atoms with Gasteiger partial charge in [0.1, 0.15) is 18.0 Å². The minimum atomic E-state index is -0.710. The Labute approximate surface area is 148 Å². The molecule has 2 rings (SSSR count). The molecular formula is C18H26N2O5. The van der Waals surface area contributed by atoms with E-state index in [4.69, 9.17) is 14.2 Å². The van der Waals surface area contributed by atoms with Crippen LogP contribution in [0.15, 0.2) is 30.3 Å². The number of nitrogens with zero attached hydrogens (tertiary/aromatic N) is 2. The summed E-state index contributed by atoms with van der Waals surface area (Å²) in [6.07, 6.45) is -0.992. The topological polar surface area (TPSA) is 68.3 Å². The molecule has 0 N–H and O–H groups in total. The molecule has 0 bridgehead atoms. The SMILES string of the molecule is CC(C)(C)OC(=O)N1CCN(CCOC(=O)Oc2ccccc2)CC1. The van der Waals surface area contributed by atoms with Gasteiger partial charge >= 0.3 is 12.2 Å². The zero-order chi connectivity index (χ0) is 18.3.